The lowest BCUT2D eigenvalue weighted by Gasteiger charge is -2.10. The van der Waals surface area contributed by atoms with Gasteiger partial charge in [-0.15, -0.1) is 0 Å². The van der Waals surface area contributed by atoms with Crippen molar-refractivity contribution in [3.63, 3.8) is 0 Å². The van der Waals surface area contributed by atoms with Crippen LogP contribution in [0.2, 0.25) is 0 Å². The Morgan fingerprint density at radius 1 is 1.41 bits per heavy atom. The smallest absolute Gasteiger partial charge is 0.341 e. The van der Waals surface area contributed by atoms with Crippen molar-refractivity contribution in [2.45, 2.75) is 12.3 Å². The van der Waals surface area contributed by atoms with E-state index in [1.165, 1.54) is 13.4 Å². The van der Waals surface area contributed by atoms with Crippen molar-refractivity contribution < 1.29 is 14.3 Å². The molecule has 1 rings (SSSR count). The molecule has 0 heterocycles. The van der Waals surface area contributed by atoms with Gasteiger partial charge in [0.05, 0.1) is 20.0 Å². The van der Waals surface area contributed by atoms with Crippen molar-refractivity contribution in [1.29, 1.82) is 0 Å². The van der Waals surface area contributed by atoms with Gasteiger partial charge in [-0.1, -0.05) is 40.2 Å². The van der Waals surface area contributed by atoms with E-state index in [0.717, 1.165) is 11.1 Å². The zero-order valence-corrected chi connectivity index (χ0v) is 11.5. The van der Waals surface area contributed by atoms with Crippen LogP contribution in [0, 0.1) is 0 Å². The Bertz CT molecular complexity index is 413. The molecule has 92 valence electrons. The van der Waals surface area contributed by atoms with Crippen LogP contribution in [-0.2, 0) is 19.6 Å². The second-order valence-corrected chi connectivity index (χ2v) is 3.84. The maximum absolute atomic E-state index is 11.8. The van der Waals surface area contributed by atoms with Crippen LogP contribution in [-0.4, -0.2) is 19.7 Å². The summed E-state index contributed by atoms with van der Waals surface area (Å²) in [6, 6.07) is 7.63. The van der Waals surface area contributed by atoms with E-state index < -0.39 is 0 Å². The van der Waals surface area contributed by atoms with E-state index >= 15 is 0 Å². The molecule has 0 radical (unpaired) electrons. The molecule has 0 unspecified atom stereocenters. The lowest BCUT2D eigenvalue weighted by atomic mass is 10.0. The number of methoxy groups -OCH3 is 1. The van der Waals surface area contributed by atoms with Gasteiger partial charge < -0.3 is 9.47 Å². The van der Waals surface area contributed by atoms with Crippen LogP contribution in [0.4, 0.5) is 0 Å². The predicted octanol–water partition coefficient (Wildman–Crippen LogP) is 3.13. The molecule has 1 aromatic carbocycles. The first kappa shape index (κ1) is 13.8. The minimum atomic E-state index is -0.372. The maximum atomic E-state index is 11.8. The first-order valence-corrected chi connectivity index (χ1v) is 6.41. The third kappa shape index (κ3) is 3.60. The molecule has 0 saturated heterocycles. The van der Waals surface area contributed by atoms with Crippen LogP contribution in [0.5, 0.6) is 0 Å². The first-order chi connectivity index (χ1) is 8.24. The lowest BCUT2D eigenvalue weighted by molar-refractivity contribution is -0.136. The summed E-state index contributed by atoms with van der Waals surface area (Å²) in [4.78, 5) is 11.8. The van der Waals surface area contributed by atoms with Gasteiger partial charge in [0.2, 0.25) is 0 Å². The van der Waals surface area contributed by atoms with Crippen LogP contribution in [0.1, 0.15) is 18.1 Å². The Kier molecular flexibility index (Phi) is 5.77. The van der Waals surface area contributed by atoms with Crippen molar-refractivity contribution in [2.24, 2.45) is 0 Å². The SMILES string of the molecule is CCOC(=O)/C(=C\OC)c1ccccc1CBr. The van der Waals surface area contributed by atoms with Crippen LogP contribution in [0.25, 0.3) is 5.57 Å². The average Bonchev–Trinajstić information content (AvgIpc) is 2.36. The summed E-state index contributed by atoms with van der Waals surface area (Å²) in [6.07, 6.45) is 1.42. The van der Waals surface area contributed by atoms with E-state index in [-0.39, 0.29) is 5.97 Å². The molecule has 0 aliphatic carbocycles. The molecule has 0 bridgehead atoms. The predicted molar refractivity (Wildman–Crippen MR) is 70.7 cm³/mol. The summed E-state index contributed by atoms with van der Waals surface area (Å²) in [6.45, 7) is 2.12. The topological polar surface area (TPSA) is 35.5 Å². The van der Waals surface area contributed by atoms with E-state index in [1.807, 2.05) is 24.3 Å². The summed E-state index contributed by atoms with van der Waals surface area (Å²) >= 11 is 3.40. The first-order valence-electron chi connectivity index (χ1n) is 5.28. The summed E-state index contributed by atoms with van der Waals surface area (Å²) in [5.74, 6) is -0.372. The zero-order chi connectivity index (χ0) is 12.7. The van der Waals surface area contributed by atoms with Gasteiger partial charge in [0, 0.05) is 5.33 Å². The van der Waals surface area contributed by atoms with Crippen molar-refractivity contribution in [3.05, 3.63) is 41.7 Å². The third-order valence-corrected chi connectivity index (χ3v) is 2.79. The molecular formula is C13H15BrO3. The number of hydrogen-bond acceptors (Lipinski definition) is 3. The molecular weight excluding hydrogens is 284 g/mol. The Balaban J connectivity index is 3.14. The number of ether oxygens (including phenoxy) is 2. The molecule has 0 aromatic heterocycles. The van der Waals surface area contributed by atoms with Gasteiger partial charge in [-0.25, -0.2) is 4.79 Å². The van der Waals surface area contributed by atoms with Gasteiger partial charge in [0.15, 0.2) is 0 Å². The molecule has 0 aliphatic rings. The zero-order valence-electron chi connectivity index (χ0n) is 9.90. The normalized spacial score (nSPS) is 11.1. The molecule has 1 aromatic rings. The molecule has 0 fully saturated rings. The highest BCUT2D eigenvalue weighted by Crippen LogP contribution is 2.22. The average molecular weight is 299 g/mol. The second-order valence-electron chi connectivity index (χ2n) is 3.28. The minimum Gasteiger partial charge on any atom is -0.503 e. The summed E-state index contributed by atoms with van der Waals surface area (Å²) < 4.78 is 9.96. The van der Waals surface area contributed by atoms with Crippen molar-refractivity contribution >= 4 is 27.5 Å². The molecule has 4 heteroatoms. The number of carbonyl (C=O) groups is 1. The van der Waals surface area contributed by atoms with Gasteiger partial charge in [0.25, 0.3) is 0 Å². The molecule has 0 atom stereocenters. The Labute approximate surface area is 110 Å². The molecule has 0 aliphatic heterocycles. The molecule has 0 spiro atoms. The van der Waals surface area contributed by atoms with Gasteiger partial charge in [-0.3, -0.25) is 0 Å². The van der Waals surface area contributed by atoms with Crippen LogP contribution < -0.4 is 0 Å². The Morgan fingerprint density at radius 2 is 2.12 bits per heavy atom. The van der Waals surface area contributed by atoms with E-state index in [0.29, 0.717) is 17.5 Å². The number of hydrogen-bond donors (Lipinski definition) is 0. The van der Waals surface area contributed by atoms with E-state index in [9.17, 15) is 4.79 Å². The number of benzene rings is 1. The number of alkyl halides is 1. The summed E-state index contributed by atoms with van der Waals surface area (Å²) in [7, 11) is 1.51. The Hall–Kier alpha value is -1.29. The third-order valence-electron chi connectivity index (χ3n) is 2.18. The quantitative estimate of drug-likeness (QED) is 0.363. The van der Waals surface area contributed by atoms with E-state index in [1.54, 1.807) is 6.92 Å². The second kappa shape index (κ2) is 7.12. The number of esters is 1. The van der Waals surface area contributed by atoms with Crippen LogP contribution in [0.15, 0.2) is 30.5 Å². The summed E-state index contributed by atoms with van der Waals surface area (Å²) in [5, 5.41) is 0.670. The van der Waals surface area contributed by atoms with Crippen molar-refractivity contribution in [2.75, 3.05) is 13.7 Å². The van der Waals surface area contributed by atoms with Crippen LogP contribution >= 0.6 is 15.9 Å². The van der Waals surface area contributed by atoms with Gasteiger partial charge in [-0.05, 0) is 18.1 Å². The fourth-order valence-corrected chi connectivity index (χ4v) is 1.94. The molecule has 17 heavy (non-hydrogen) atoms. The molecule has 3 nitrogen and oxygen atoms in total. The monoisotopic (exact) mass is 298 g/mol. The fraction of sp³-hybridized carbons (Fsp3) is 0.308. The lowest BCUT2D eigenvalue weighted by Crippen LogP contribution is -2.08. The van der Waals surface area contributed by atoms with E-state index in [2.05, 4.69) is 15.9 Å². The summed E-state index contributed by atoms with van der Waals surface area (Å²) in [5.41, 5.74) is 2.28. The number of carbonyl (C=O) groups excluding carboxylic acids is 1. The fourth-order valence-electron chi connectivity index (χ4n) is 1.45. The molecule has 0 N–H and O–H groups in total. The highest BCUT2D eigenvalue weighted by atomic mass is 79.9. The van der Waals surface area contributed by atoms with Gasteiger partial charge in [0.1, 0.15) is 5.57 Å². The molecule has 0 saturated carbocycles. The maximum Gasteiger partial charge on any atom is 0.341 e. The highest BCUT2D eigenvalue weighted by molar-refractivity contribution is 9.08. The van der Waals surface area contributed by atoms with Crippen molar-refractivity contribution in [1.82, 2.24) is 0 Å². The van der Waals surface area contributed by atoms with Gasteiger partial charge >= 0.3 is 5.97 Å². The largest absolute Gasteiger partial charge is 0.503 e. The minimum absolute atomic E-state index is 0.344. The number of halogens is 1. The van der Waals surface area contributed by atoms with Crippen molar-refractivity contribution in [3.8, 4) is 0 Å². The number of rotatable bonds is 5. The highest BCUT2D eigenvalue weighted by Gasteiger charge is 2.16. The Morgan fingerprint density at radius 3 is 2.71 bits per heavy atom. The van der Waals surface area contributed by atoms with Crippen LogP contribution in [0.3, 0.4) is 0 Å². The standard InChI is InChI=1S/C13H15BrO3/c1-3-17-13(15)12(9-16-2)11-7-5-4-6-10(11)8-14/h4-7,9H,3,8H2,1-2H3/b12-9-. The molecule has 0 amide bonds. The van der Waals surface area contributed by atoms with E-state index in [4.69, 9.17) is 9.47 Å². The van der Waals surface area contributed by atoms with Gasteiger partial charge in [-0.2, -0.15) is 0 Å².